The van der Waals surface area contributed by atoms with E-state index in [9.17, 15) is 13.6 Å². The Labute approximate surface area is 149 Å². The lowest BCUT2D eigenvalue weighted by Gasteiger charge is -2.44. The van der Waals surface area contributed by atoms with Crippen molar-refractivity contribution in [1.29, 1.82) is 0 Å². The third-order valence-electron chi connectivity index (χ3n) is 4.95. The number of hydrogen-bond acceptors (Lipinski definition) is 6. The van der Waals surface area contributed by atoms with Crippen molar-refractivity contribution in [3.8, 4) is 0 Å². The first kappa shape index (κ1) is 18.3. The molecule has 2 unspecified atom stereocenters. The normalized spacial score (nSPS) is 25.8. The monoisotopic (exact) mass is 363 g/mol. The van der Waals surface area contributed by atoms with Crippen LogP contribution in [0.25, 0.3) is 0 Å². The first-order chi connectivity index (χ1) is 12.1. The average Bonchev–Trinajstić information content (AvgIpc) is 2.68. The fourth-order valence-corrected chi connectivity index (χ4v) is 5.76. The molecule has 1 saturated heterocycles. The van der Waals surface area contributed by atoms with Gasteiger partial charge >= 0.3 is 0 Å². The summed E-state index contributed by atoms with van der Waals surface area (Å²) in [5.41, 5.74) is 2.93. The highest BCUT2D eigenvalue weighted by Gasteiger charge is 2.47. The average molecular weight is 363 g/mol. The van der Waals surface area contributed by atoms with E-state index in [2.05, 4.69) is 10.8 Å². The second kappa shape index (κ2) is 7.80. The summed E-state index contributed by atoms with van der Waals surface area (Å²) < 4.78 is 26.9. The van der Waals surface area contributed by atoms with Crippen LogP contribution in [-0.4, -0.2) is 55.3 Å². The Hall–Kier alpha value is -1.51. The zero-order chi connectivity index (χ0) is 17.8. The molecule has 0 aromatic heterocycles. The molecule has 6 nitrogen and oxygen atoms in total. The van der Waals surface area contributed by atoms with Gasteiger partial charge in [-0.3, -0.25) is 4.90 Å². The molecule has 0 saturated carbocycles. The van der Waals surface area contributed by atoms with Gasteiger partial charge in [0.2, 0.25) is 0 Å². The maximum Gasteiger partial charge on any atom is 0.175 e. The first-order valence-electron chi connectivity index (χ1n) is 8.56. The molecule has 3 rings (SSSR count). The second-order valence-corrected chi connectivity index (χ2v) is 8.72. The third kappa shape index (κ3) is 3.70. The molecule has 2 aliphatic rings. The molecule has 1 fully saturated rings. The number of allylic oxidation sites excluding steroid dienone is 2. The van der Waals surface area contributed by atoms with E-state index in [4.69, 9.17) is 0 Å². The maximum absolute atomic E-state index is 13.5. The van der Waals surface area contributed by atoms with Crippen LogP contribution < -0.4 is 10.8 Å². The maximum atomic E-state index is 13.5. The van der Waals surface area contributed by atoms with E-state index in [1.54, 1.807) is 6.08 Å². The van der Waals surface area contributed by atoms with Crippen molar-refractivity contribution in [2.75, 3.05) is 31.9 Å². The first-order valence-corrected chi connectivity index (χ1v) is 10.2. The van der Waals surface area contributed by atoms with Crippen LogP contribution in [0, 0.1) is 0 Å². The third-order valence-corrected chi connectivity index (χ3v) is 7.36. The van der Waals surface area contributed by atoms with Gasteiger partial charge in [0.1, 0.15) is 4.87 Å². The minimum atomic E-state index is -3.57. The van der Waals surface area contributed by atoms with Crippen LogP contribution in [0.15, 0.2) is 54.6 Å². The number of hydroxylamine groups is 1. The molecule has 2 atom stereocenters. The summed E-state index contributed by atoms with van der Waals surface area (Å²) in [5, 5.41) is 12.8. The molecule has 3 N–H and O–H groups in total. The quantitative estimate of drug-likeness (QED) is 0.660. The summed E-state index contributed by atoms with van der Waals surface area (Å²) in [6.45, 7) is 2.91. The summed E-state index contributed by atoms with van der Waals surface area (Å²) in [5.74, 6) is -0.171. The molecule has 1 heterocycles. The zero-order valence-electron chi connectivity index (χ0n) is 14.1. The summed E-state index contributed by atoms with van der Waals surface area (Å²) in [4.78, 5) is 0.992. The summed E-state index contributed by atoms with van der Waals surface area (Å²) in [6, 6.07) is 8.51. The summed E-state index contributed by atoms with van der Waals surface area (Å²) >= 11 is 0. The van der Waals surface area contributed by atoms with Gasteiger partial charge in [-0.1, -0.05) is 48.6 Å². The van der Waals surface area contributed by atoms with Crippen molar-refractivity contribution < 1.29 is 13.6 Å². The molecule has 0 bridgehead atoms. The lowest BCUT2D eigenvalue weighted by molar-refractivity contribution is 0.132. The van der Waals surface area contributed by atoms with Crippen LogP contribution in [0.1, 0.15) is 18.0 Å². The van der Waals surface area contributed by atoms with E-state index in [0.717, 1.165) is 18.7 Å². The van der Waals surface area contributed by atoms with Gasteiger partial charge in [-0.15, -0.1) is 0 Å². The molecule has 0 amide bonds. The molecule has 1 aromatic rings. The number of piperazine rings is 1. The van der Waals surface area contributed by atoms with Gasteiger partial charge in [-0.25, -0.2) is 8.42 Å². The van der Waals surface area contributed by atoms with Gasteiger partial charge in [0, 0.05) is 32.6 Å². The largest absolute Gasteiger partial charge is 0.316 e. The molecule has 0 radical (unpaired) electrons. The fourth-order valence-electron chi connectivity index (χ4n) is 3.55. The fraction of sp³-hybridized carbons (Fsp3) is 0.444. The molecular formula is C18H25N3O3S. The molecule has 7 heteroatoms. The number of hydrogen-bond donors (Lipinski definition) is 3. The van der Waals surface area contributed by atoms with Crippen LogP contribution in [0.5, 0.6) is 0 Å². The van der Waals surface area contributed by atoms with E-state index >= 15 is 0 Å². The Morgan fingerprint density at radius 3 is 2.52 bits per heavy atom. The van der Waals surface area contributed by atoms with Crippen molar-refractivity contribution in [3.63, 3.8) is 0 Å². The Morgan fingerprint density at radius 2 is 1.92 bits per heavy atom. The molecule has 25 heavy (non-hydrogen) atoms. The van der Waals surface area contributed by atoms with E-state index in [1.807, 2.05) is 53.5 Å². The lowest BCUT2D eigenvalue weighted by Crippen LogP contribution is -2.60. The smallest absolute Gasteiger partial charge is 0.175 e. The predicted molar refractivity (Wildman–Crippen MR) is 98.0 cm³/mol. The SMILES string of the molecule is O=S(=O)(CC(NO)c1ccccc1)C1(N2CCNCC2)C=CC=CC1. The number of rotatable bonds is 6. The van der Waals surface area contributed by atoms with E-state index in [1.165, 1.54) is 0 Å². The highest BCUT2D eigenvalue weighted by Crippen LogP contribution is 2.34. The Bertz CT molecular complexity index is 727. The number of nitrogens with one attached hydrogen (secondary N) is 2. The minimum absolute atomic E-state index is 0.171. The molecular weight excluding hydrogens is 338 g/mol. The van der Waals surface area contributed by atoms with Crippen molar-refractivity contribution in [2.24, 2.45) is 0 Å². The van der Waals surface area contributed by atoms with Crippen LogP contribution in [0.2, 0.25) is 0 Å². The van der Waals surface area contributed by atoms with Crippen LogP contribution in [-0.2, 0) is 9.84 Å². The summed E-state index contributed by atoms with van der Waals surface area (Å²) in [6.07, 6.45) is 7.83. The highest BCUT2D eigenvalue weighted by atomic mass is 32.2. The van der Waals surface area contributed by atoms with Crippen molar-refractivity contribution in [2.45, 2.75) is 17.3 Å². The van der Waals surface area contributed by atoms with Crippen molar-refractivity contribution >= 4 is 9.84 Å². The van der Waals surface area contributed by atoms with Gasteiger partial charge in [0.15, 0.2) is 9.84 Å². The second-order valence-electron chi connectivity index (χ2n) is 6.45. The Balaban J connectivity index is 1.91. The summed E-state index contributed by atoms with van der Waals surface area (Å²) in [7, 11) is -3.57. The number of sulfone groups is 1. The Morgan fingerprint density at radius 1 is 1.20 bits per heavy atom. The van der Waals surface area contributed by atoms with Gasteiger partial charge in [-0.05, 0) is 11.6 Å². The van der Waals surface area contributed by atoms with E-state index < -0.39 is 20.8 Å². The number of benzene rings is 1. The van der Waals surface area contributed by atoms with Gasteiger partial charge < -0.3 is 10.5 Å². The van der Waals surface area contributed by atoms with Crippen molar-refractivity contribution in [3.05, 3.63) is 60.2 Å². The van der Waals surface area contributed by atoms with Crippen LogP contribution in [0.4, 0.5) is 0 Å². The number of nitrogens with zero attached hydrogens (tertiary/aromatic N) is 1. The van der Waals surface area contributed by atoms with Gasteiger partial charge in [0.05, 0.1) is 11.8 Å². The van der Waals surface area contributed by atoms with E-state index in [0.29, 0.717) is 19.5 Å². The standard InChI is InChI=1S/C18H25N3O3S/c22-20-17(16-7-3-1-4-8-16)15-25(23,24)18(9-5-2-6-10-18)21-13-11-19-12-14-21/h1-9,17,19-20,22H,10-15H2. The van der Waals surface area contributed by atoms with Crippen molar-refractivity contribution in [1.82, 2.24) is 15.7 Å². The molecule has 1 aliphatic heterocycles. The highest BCUT2D eigenvalue weighted by molar-refractivity contribution is 7.92. The molecule has 1 aliphatic carbocycles. The molecule has 1 aromatic carbocycles. The predicted octanol–water partition coefficient (Wildman–Crippen LogP) is 1.24. The van der Waals surface area contributed by atoms with E-state index in [-0.39, 0.29) is 5.75 Å². The van der Waals surface area contributed by atoms with Gasteiger partial charge in [0.25, 0.3) is 0 Å². The molecule has 0 spiro atoms. The molecule has 136 valence electrons. The minimum Gasteiger partial charge on any atom is -0.316 e. The van der Waals surface area contributed by atoms with Gasteiger partial charge in [-0.2, -0.15) is 5.48 Å². The zero-order valence-corrected chi connectivity index (χ0v) is 15.0. The Kier molecular flexibility index (Phi) is 5.71. The van der Waals surface area contributed by atoms with Crippen LogP contribution in [0.3, 0.4) is 0 Å². The van der Waals surface area contributed by atoms with Crippen LogP contribution >= 0.6 is 0 Å². The topological polar surface area (TPSA) is 81.7 Å². The lowest BCUT2D eigenvalue weighted by atomic mass is 10.1.